The van der Waals surface area contributed by atoms with E-state index in [1.165, 1.54) is 0 Å². The normalized spacial score (nSPS) is 13.0. The van der Waals surface area contributed by atoms with Crippen molar-refractivity contribution >= 4 is 22.7 Å². The van der Waals surface area contributed by atoms with Gasteiger partial charge in [-0.1, -0.05) is 66.7 Å². The number of benzene rings is 3. The number of aliphatic hydroxyl groups excluding tert-OH is 1. The quantitative estimate of drug-likeness (QED) is 0.122. The molecule has 44 heavy (non-hydrogen) atoms. The summed E-state index contributed by atoms with van der Waals surface area (Å²) in [6.07, 6.45) is 1.82. The second-order valence-electron chi connectivity index (χ2n) is 11.7. The van der Waals surface area contributed by atoms with Gasteiger partial charge in [-0.2, -0.15) is 0 Å². The zero-order valence-corrected chi connectivity index (χ0v) is 25.1. The number of rotatable bonds is 13. The molecule has 0 saturated carbocycles. The van der Waals surface area contributed by atoms with Gasteiger partial charge < -0.3 is 26.0 Å². The predicted octanol–water partition coefficient (Wildman–Crippen LogP) is 3.50. The van der Waals surface area contributed by atoms with Crippen LogP contribution in [-0.4, -0.2) is 66.8 Å². The van der Waals surface area contributed by atoms with Crippen molar-refractivity contribution in [2.24, 2.45) is 0 Å². The van der Waals surface area contributed by atoms with Crippen molar-refractivity contribution in [2.45, 2.75) is 57.8 Å². The third-order valence-corrected chi connectivity index (χ3v) is 7.49. The Balaban J connectivity index is 1.28. The van der Waals surface area contributed by atoms with E-state index >= 15 is 0 Å². The lowest BCUT2D eigenvalue weighted by molar-refractivity contribution is -0.129. The molecule has 0 aliphatic heterocycles. The first-order valence-corrected chi connectivity index (χ1v) is 14.7. The van der Waals surface area contributed by atoms with Crippen LogP contribution in [0, 0.1) is 0 Å². The second-order valence-corrected chi connectivity index (χ2v) is 11.7. The SMILES string of the molecule is C[C@@H](O)CNC(C)(C)CC(=O)N[C@H](Cc1c[nH]c2ccccc12)C(=O)NCc1ccc(-c2ccccc2-c2nnn[nH]2)cc1. The summed E-state index contributed by atoms with van der Waals surface area (Å²) in [4.78, 5) is 30.0. The number of nitrogens with zero attached hydrogens (tertiary/aromatic N) is 3. The third-order valence-electron chi connectivity index (χ3n) is 7.49. The molecule has 0 unspecified atom stereocenters. The number of aromatic nitrogens is 5. The van der Waals surface area contributed by atoms with Gasteiger partial charge in [0, 0.05) is 54.1 Å². The molecule has 5 aromatic rings. The van der Waals surface area contributed by atoms with E-state index in [0.717, 1.165) is 38.7 Å². The van der Waals surface area contributed by atoms with E-state index in [0.29, 0.717) is 25.3 Å². The minimum Gasteiger partial charge on any atom is -0.392 e. The molecule has 228 valence electrons. The van der Waals surface area contributed by atoms with Gasteiger partial charge in [0.1, 0.15) is 6.04 Å². The third kappa shape index (κ3) is 7.74. The van der Waals surface area contributed by atoms with Gasteiger partial charge in [-0.25, -0.2) is 5.10 Å². The molecule has 3 aromatic carbocycles. The number of tetrazole rings is 1. The van der Waals surface area contributed by atoms with E-state index in [9.17, 15) is 14.7 Å². The van der Waals surface area contributed by atoms with E-state index in [1.54, 1.807) is 6.92 Å². The van der Waals surface area contributed by atoms with Gasteiger partial charge in [-0.3, -0.25) is 9.59 Å². The van der Waals surface area contributed by atoms with Gasteiger partial charge in [-0.15, -0.1) is 5.10 Å². The summed E-state index contributed by atoms with van der Waals surface area (Å²) in [6.45, 7) is 6.14. The predicted molar refractivity (Wildman–Crippen MR) is 169 cm³/mol. The molecular formula is C33H38N8O3. The summed E-state index contributed by atoms with van der Waals surface area (Å²) >= 11 is 0. The number of aliphatic hydroxyl groups is 1. The number of carbonyl (C=O) groups is 2. The van der Waals surface area contributed by atoms with Crippen LogP contribution in [0.25, 0.3) is 33.4 Å². The zero-order chi connectivity index (χ0) is 31.1. The summed E-state index contributed by atoms with van der Waals surface area (Å²) < 4.78 is 0. The number of carbonyl (C=O) groups excluding carboxylic acids is 2. The van der Waals surface area contributed by atoms with E-state index in [1.807, 2.05) is 92.8 Å². The van der Waals surface area contributed by atoms with Crippen LogP contribution in [0.1, 0.15) is 38.3 Å². The van der Waals surface area contributed by atoms with Crippen LogP contribution in [0.5, 0.6) is 0 Å². The highest BCUT2D eigenvalue weighted by molar-refractivity contribution is 5.90. The maximum absolute atomic E-state index is 13.6. The van der Waals surface area contributed by atoms with E-state index in [4.69, 9.17) is 0 Å². The van der Waals surface area contributed by atoms with Crippen molar-refractivity contribution < 1.29 is 14.7 Å². The van der Waals surface area contributed by atoms with Crippen molar-refractivity contribution in [2.75, 3.05) is 6.54 Å². The summed E-state index contributed by atoms with van der Waals surface area (Å²) in [6, 6.07) is 22.9. The minimum absolute atomic E-state index is 0.143. The topological polar surface area (TPSA) is 161 Å². The number of nitrogens with one attached hydrogen (secondary N) is 5. The average molecular weight is 595 g/mol. The summed E-state index contributed by atoms with van der Waals surface area (Å²) in [7, 11) is 0. The molecule has 11 nitrogen and oxygen atoms in total. The Morgan fingerprint density at radius 2 is 1.70 bits per heavy atom. The molecule has 2 aromatic heterocycles. The largest absolute Gasteiger partial charge is 0.392 e. The van der Waals surface area contributed by atoms with Crippen molar-refractivity contribution in [3.63, 3.8) is 0 Å². The molecule has 5 rings (SSSR count). The Kier molecular flexibility index (Phi) is 9.47. The highest BCUT2D eigenvalue weighted by atomic mass is 16.3. The minimum atomic E-state index is -0.782. The van der Waals surface area contributed by atoms with Crippen LogP contribution in [0.15, 0.2) is 79.0 Å². The second kappa shape index (κ2) is 13.6. The van der Waals surface area contributed by atoms with Gasteiger partial charge in [0.05, 0.1) is 6.10 Å². The summed E-state index contributed by atoms with van der Waals surface area (Å²) in [5.41, 5.74) is 5.13. The van der Waals surface area contributed by atoms with E-state index in [-0.39, 0.29) is 18.2 Å². The lowest BCUT2D eigenvalue weighted by atomic mass is 9.98. The fraction of sp³-hybridized carbons (Fsp3) is 0.303. The van der Waals surface area contributed by atoms with Crippen molar-refractivity contribution in [3.05, 3.63) is 90.1 Å². The Morgan fingerprint density at radius 1 is 0.977 bits per heavy atom. The van der Waals surface area contributed by atoms with Crippen molar-refractivity contribution in [3.8, 4) is 22.5 Å². The number of hydrogen-bond donors (Lipinski definition) is 6. The number of β-amino-alcohol motifs (C(OH)–C–C–N with tert-alkyl or cyclic N) is 1. The first-order valence-electron chi connectivity index (χ1n) is 14.7. The van der Waals surface area contributed by atoms with E-state index < -0.39 is 17.7 Å². The molecule has 0 radical (unpaired) electrons. The van der Waals surface area contributed by atoms with Crippen LogP contribution in [-0.2, 0) is 22.6 Å². The molecule has 0 bridgehead atoms. The highest BCUT2D eigenvalue weighted by Crippen LogP contribution is 2.29. The van der Waals surface area contributed by atoms with Gasteiger partial charge in [0.2, 0.25) is 11.8 Å². The smallest absolute Gasteiger partial charge is 0.243 e. The Bertz CT molecular complexity index is 1690. The summed E-state index contributed by atoms with van der Waals surface area (Å²) in [5, 5.41) is 34.1. The summed E-state index contributed by atoms with van der Waals surface area (Å²) in [5.74, 6) is 0.0611. The molecule has 0 saturated heterocycles. The molecule has 2 heterocycles. The first kappa shape index (κ1) is 30.6. The van der Waals surface area contributed by atoms with Crippen LogP contribution < -0.4 is 16.0 Å². The Morgan fingerprint density at radius 3 is 2.43 bits per heavy atom. The van der Waals surface area contributed by atoms with Gasteiger partial charge in [-0.05, 0) is 59.5 Å². The van der Waals surface area contributed by atoms with Gasteiger partial charge >= 0.3 is 0 Å². The van der Waals surface area contributed by atoms with Gasteiger partial charge in [0.15, 0.2) is 5.82 Å². The van der Waals surface area contributed by atoms with Gasteiger partial charge in [0.25, 0.3) is 0 Å². The molecule has 6 N–H and O–H groups in total. The van der Waals surface area contributed by atoms with E-state index in [2.05, 4.69) is 41.6 Å². The molecule has 0 spiro atoms. The molecule has 0 aliphatic carbocycles. The van der Waals surface area contributed by atoms with Crippen LogP contribution >= 0.6 is 0 Å². The number of hydrogen-bond acceptors (Lipinski definition) is 7. The van der Waals surface area contributed by atoms with Crippen molar-refractivity contribution in [1.82, 2.24) is 41.6 Å². The van der Waals surface area contributed by atoms with Crippen molar-refractivity contribution in [1.29, 1.82) is 0 Å². The fourth-order valence-corrected chi connectivity index (χ4v) is 5.19. The molecule has 0 fully saturated rings. The molecule has 11 heteroatoms. The van der Waals surface area contributed by atoms with Crippen LogP contribution in [0.4, 0.5) is 0 Å². The number of para-hydroxylation sites is 1. The molecule has 2 atom stereocenters. The standard InChI is InChI=1S/C33H38N8O3/c1-21(42)18-36-33(2,3)17-30(43)37-29(16-24-20-34-28-11-7-6-9-26(24)28)32(44)35-19-22-12-14-23(15-13-22)25-8-4-5-10-27(25)31-38-40-41-39-31/h4-15,20-21,29,34,36,42H,16-19H2,1-3H3,(H,35,44)(H,37,43)(H,38,39,40,41)/t21-,29-/m1/s1. The highest BCUT2D eigenvalue weighted by Gasteiger charge is 2.27. The Labute approximate surface area is 255 Å². The molecule has 0 aliphatic rings. The molecule has 2 amide bonds. The number of aromatic amines is 2. The number of amides is 2. The lowest BCUT2D eigenvalue weighted by Crippen LogP contribution is -2.51. The first-order chi connectivity index (χ1) is 21.2. The number of H-pyrrole nitrogens is 2. The Hall–Kier alpha value is -4.87. The maximum atomic E-state index is 13.6. The molecular weight excluding hydrogens is 556 g/mol. The average Bonchev–Trinajstić information content (AvgIpc) is 3.70. The lowest BCUT2D eigenvalue weighted by Gasteiger charge is -2.28. The zero-order valence-electron chi connectivity index (χ0n) is 25.1. The fourth-order valence-electron chi connectivity index (χ4n) is 5.19. The maximum Gasteiger partial charge on any atom is 0.243 e. The monoisotopic (exact) mass is 594 g/mol. The number of fused-ring (bicyclic) bond motifs is 1. The van der Waals surface area contributed by atoms with Crippen LogP contribution in [0.3, 0.4) is 0 Å². The van der Waals surface area contributed by atoms with Crippen LogP contribution in [0.2, 0.25) is 0 Å².